The molecule has 0 spiro atoms. The summed E-state index contributed by atoms with van der Waals surface area (Å²) in [4.78, 5) is 12.3. The third-order valence-electron chi connectivity index (χ3n) is 2.74. The van der Waals surface area contributed by atoms with Crippen LogP contribution in [0, 0.1) is 13.8 Å². The molecule has 0 aliphatic rings. The van der Waals surface area contributed by atoms with Crippen LogP contribution in [0.1, 0.15) is 22.0 Å². The summed E-state index contributed by atoms with van der Waals surface area (Å²) >= 11 is 1.65. The highest BCUT2D eigenvalue weighted by Crippen LogP contribution is 2.25. The minimum atomic E-state index is 0.556. The van der Waals surface area contributed by atoms with Gasteiger partial charge in [-0.15, -0.1) is 11.3 Å². The van der Waals surface area contributed by atoms with Crippen LogP contribution in [0.2, 0.25) is 0 Å². The smallest absolute Gasteiger partial charge is 0.185 e. The Bertz CT molecular complexity index is 536. The lowest BCUT2D eigenvalue weighted by Crippen LogP contribution is -2.17. The van der Waals surface area contributed by atoms with Gasteiger partial charge < -0.3 is 10.6 Å². The van der Waals surface area contributed by atoms with Crippen molar-refractivity contribution in [1.82, 2.24) is 9.97 Å². The number of nitrogens with zero attached hydrogens (tertiary/aromatic N) is 3. The van der Waals surface area contributed by atoms with Gasteiger partial charge in [-0.3, -0.25) is 4.98 Å². The lowest BCUT2D eigenvalue weighted by molar-refractivity contribution is 0.868. The molecule has 0 aliphatic heterocycles. The van der Waals surface area contributed by atoms with Crippen molar-refractivity contribution in [2.75, 3.05) is 11.9 Å². The predicted molar refractivity (Wildman–Crippen MR) is 75.8 cm³/mol. The fourth-order valence-electron chi connectivity index (χ4n) is 1.76. The van der Waals surface area contributed by atoms with E-state index in [-0.39, 0.29) is 0 Å². The number of hydrogen-bond donors (Lipinski definition) is 1. The van der Waals surface area contributed by atoms with Crippen LogP contribution in [0.5, 0.6) is 0 Å². The fraction of sp³-hybridized carbons (Fsp3) is 0.385. The predicted octanol–water partition coefficient (Wildman–Crippen LogP) is 2.25. The number of thiazole rings is 1. The topological polar surface area (TPSA) is 55.0 Å². The van der Waals surface area contributed by atoms with Gasteiger partial charge in [-0.2, -0.15) is 0 Å². The standard InChI is InChI=1S/C13H18N4S/c1-9-5-4-6-11(15-9)8-17(3)13-16-10(2)12(7-14)18-13/h4-6H,7-8,14H2,1-3H3. The minimum Gasteiger partial charge on any atom is -0.345 e. The summed E-state index contributed by atoms with van der Waals surface area (Å²) in [6.07, 6.45) is 0. The minimum absolute atomic E-state index is 0.556. The van der Waals surface area contributed by atoms with Crippen molar-refractivity contribution >= 4 is 16.5 Å². The third-order valence-corrected chi connectivity index (χ3v) is 4.03. The van der Waals surface area contributed by atoms with Gasteiger partial charge in [-0.1, -0.05) is 6.07 Å². The van der Waals surface area contributed by atoms with Crippen LogP contribution in [0.15, 0.2) is 18.2 Å². The van der Waals surface area contributed by atoms with Crippen molar-refractivity contribution in [3.05, 3.63) is 40.2 Å². The highest BCUT2D eigenvalue weighted by molar-refractivity contribution is 7.15. The van der Waals surface area contributed by atoms with Crippen LogP contribution >= 0.6 is 11.3 Å². The average Bonchev–Trinajstić information content (AvgIpc) is 2.70. The second-order valence-corrected chi connectivity index (χ2v) is 5.40. The van der Waals surface area contributed by atoms with Gasteiger partial charge in [0.05, 0.1) is 17.9 Å². The van der Waals surface area contributed by atoms with E-state index in [9.17, 15) is 0 Å². The maximum atomic E-state index is 5.68. The molecule has 96 valence electrons. The molecule has 0 saturated heterocycles. The van der Waals surface area contributed by atoms with Crippen molar-refractivity contribution in [3.8, 4) is 0 Å². The number of pyridine rings is 1. The van der Waals surface area contributed by atoms with E-state index in [0.717, 1.165) is 33.6 Å². The Morgan fingerprint density at radius 2 is 2.06 bits per heavy atom. The maximum Gasteiger partial charge on any atom is 0.185 e. The lowest BCUT2D eigenvalue weighted by Gasteiger charge is -2.15. The molecular formula is C13H18N4S. The van der Waals surface area contributed by atoms with Crippen LogP contribution in [-0.2, 0) is 13.1 Å². The van der Waals surface area contributed by atoms with E-state index in [1.165, 1.54) is 0 Å². The summed E-state index contributed by atoms with van der Waals surface area (Å²) in [5.41, 5.74) is 8.80. The SMILES string of the molecule is Cc1cccc(CN(C)c2nc(C)c(CN)s2)n1. The van der Waals surface area contributed by atoms with Gasteiger partial charge in [0.2, 0.25) is 0 Å². The average molecular weight is 262 g/mol. The zero-order valence-corrected chi connectivity index (χ0v) is 11.8. The molecule has 0 saturated carbocycles. The molecular weight excluding hydrogens is 244 g/mol. The van der Waals surface area contributed by atoms with Crippen LogP contribution in [-0.4, -0.2) is 17.0 Å². The Kier molecular flexibility index (Phi) is 3.93. The van der Waals surface area contributed by atoms with Crippen LogP contribution in [0.3, 0.4) is 0 Å². The molecule has 0 atom stereocenters. The molecule has 5 heteroatoms. The Labute approximate surface area is 111 Å². The first-order chi connectivity index (χ1) is 8.60. The highest BCUT2D eigenvalue weighted by atomic mass is 32.1. The molecule has 0 amide bonds. The molecule has 2 aromatic heterocycles. The van der Waals surface area contributed by atoms with E-state index in [1.54, 1.807) is 11.3 Å². The van der Waals surface area contributed by atoms with Gasteiger partial charge in [0.1, 0.15) is 0 Å². The molecule has 2 heterocycles. The Balaban J connectivity index is 2.13. The molecule has 0 bridgehead atoms. The zero-order chi connectivity index (χ0) is 13.1. The highest BCUT2D eigenvalue weighted by Gasteiger charge is 2.11. The fourth-order valence-corrected chi connectivity index (χ4v) is 2.66. The Morgan fingerprint density at radius 1 is 1.28 bits per heavy atom. The first-order valence-corrected chi connectivity index (χ1v) is 6.72. The van der Waals surface area contributed by atoms with Crippen LogP contribution < -0.4 is 10.6 Å². The second-order valence-electron chi connectivity index (χ2n) is 4.34. The number of aryl methyl sites for hydroxylation is 2. The van der Waals surface area contributed by atoms with Crippen molar-refractivity contribution in [1.29, 1.82) is 0 Å². The number of anilines is 1. The van der Waals surface area contributed by atoms with Gasteiger partial charge in [0.15, 0.2) is 5.13 Å². The van der Waals surface area contributed by atoms with Crippen molar-refractivity contribution < 1.29 is 0 Å². The van der Waals surface area contributed by atoms with Gasteiger partial charge in [-0.25, -0.2) is 4.98 Å². The molecule has 0 unspecified atom stereocenters. The molecule has 0 fully saturated rings. The van der Waals surface area contributed by atoms with Crippen LogP contribution in [0.25, 0.3) is 0 Å². The quantitative estimate of drug-likeness (QED) is 0.918. The largest absolute Gasteiger partial charge is 0.345 e. The summed E-state index contributed by atoms with van der Waals surface area (Å²) in [5, 5.41) is 0.997. The molecule has 0 aromatic carbocycles. The third kappa shape index (κ3) is 2.86. The summed E-state index contributed by atoms with van der Waals surface area (Å²) in [5.74, 6) is 0. The normalized spacial score (nSPS) is 10.7. The Hall–Kier alpha value is -1.46. The molecule has 0 radical (unpaired) electrons. The zero-order valence-electron chi connectivity index (χ0n) is 11.0. The first-order valence-electron chi connectivity index (χ1n) is 5.90. The summed E-state index contributed by atoms with van der Waals surface area (Å²) in [6, 6.07) is 6.07. The van der Waals surface area contributed by atoms with Crippen molar-refractivity contribution in [3.63, 3.8) is 0 Å². The second kappa shape index (κ2) is 5.46. The maximum absolute atomic E-state index is 5.68. The van der Waals surface area contributed by atoms with Crippen molar-refractivity contribution in [2.24, 2.45) is 5.73 Å². The van der Waals surface area contributed by atoms with Crippen LogP contribution in [0.4, 0.5) is 5.13 Å². The Morgan fingerprint density at radius 3 is 2.67 bits per heavy atom. The number of aromatic nitrogens is 2. The van der Waals surface area contributed by atoms with E-state index >= 15 is 0 Å². The van der Waals surface area contributed by atoms with Gasteiger partial charge >= 0.3 is 0 Å². The van der Waals surface area contributed by atoms with Gasteiger partial charge in [-0.05, 0) is 26.0 Å². The monoisotopic (exact) mass is 262 g/mol. The first kappa shape index (κ1) is 13.0. The molecule has 4 nitrogen and oxygen atoms in total. The number of hydrogen-bond acceptors (Lipinski definition) is 5. The molecule has 0 aliphatic carbocycles. The van der Waals surface area contributed by atoms with Crippen molar-refractivity contribution in [2.45, 2.75) is 26.9 Å². The van der Waals surface area contributed by atoms with Gasteiger partial charge in [0.25, 0.3) is 0 Å². The summed E-state index contributed by atoms with van der Waals surface area (Å²) in [6.45, 7) is 5.32. The number of nitrogens with two attached hydrogens (primary N) is 1. The lowest BCUT2D eigenvalue weighted by atomic mass is 10.3. The molecule has 18 heavy (non-hydrogen) atoms. The van der Waals surface area contributed by atoms with E-state index in [4.69, 9.17) is 5.73 Å². The summed E-state index contributed by atoms with van der Waals surface area (Å²) in [7, 11) is 2.03. The van der Waals surface area contributed by atoms with E-state index in [1.807, 2.05) is 39.1 Å². The molecule has 2 rings (SSSR count). The van der Waals surface area contributed by atoms with Gasteiger partial charge in [0, 0.05) is 24.2 Å². The number of rotatable bonds is 4. The molecule has 2 aromatic rings. The van der Waals surface area contributed by atoms with E-state index < -0.39 is 0 Å². The summed E-state index contributed by atoms with van der Waals surface area (Å²) < 4.78 is 0. The van der Waals surface area contributed by atoms with E-state index in [0.29, 0.717) is 6.54 Å². The molecule has 2 N–H and O–H groups in total. The van der Waals surface area contributed by atoms with E-state index in [2.05, 4.69) is 14.9 Å².